The van der Waals surface area contributed by atoms with Crippen LogP contribution in [0.2, 0.25) is 0 Å². The fraction of sp³-hybridized carbons (Fsp3) is 0.435. The summed E-state index contributed by atoms with van der Waals surface area (Å²) in [6.45, 7) is 8.11. The molecule has 0 spiro atoms. The summed E-state index contributed by atoms with van der Waals surface area (Å²) in [5, 5.41) is 4.09. The summed E-state index contributed by atoms with van der Waals surface area (Å²) in [6, 6.07) is 10.2. The predicted octanol–water partition coefficient (Wildman–Crippen LogP) is 3.72. The zero-order valence-corrected chi connectivity index (χ0v) is 17.4. The molecule has 3 heterocycles. The number of rotatable bonds is 5. The highest BCUT2D eigenvalue weighted by Crippen LogP contribution is 2.33. The highest BCUT2D eigenvalue weighted by molar-refractivity contribution is 5.90. The fourth-order valence-electron chi connectivity index (χ4n) is 4.06. The number of anilines is 1. The van der Waals surface area contributed by atoms with Gasteiger partial charge in [0.1, 0.15) is 17.4 Å². The number of benzene rings is 1. The van der Waals surface area contributed by atoms with E-state index in [1.165, 1.54) is 5.56 Å². The zero-order chi connectivity index (χ0) is 20.4. The third kappa shape index (κ3) is 4.11. The van der Waals surface area contributed by atoms with Crippen molar-refractivity contribution in [1.82, 2.24) is 15.3 Å². The zero-order valence-electron chi connectivity index (χ0n) is 17.4. The van der Waals surface area contributed by atoms with Crippen molar-refractivity contribution >= 4 is 22.8 Å². The molecule has 29 heavy (non-hydrogen) atoms. The number of hydrogen-bond donors (Lipinski definition) is 1. The first kappa shape index (κ1) is 19.4. The van der Waals surface area contributed by atoms with Gasteiger partial charge in [0.05, 0.1) is 11.3 Å². The second-order valence-electron chi connectivity index (χ2n) is 7.87. The van der Waals surface area contributed by atoms with E-state index in [4.69, 9.17) is 9.40 Å². The first-order valence-electron chi connectivity index (χ1n) is 10.3. The Morgan fingerprint density at radius 2 is 2.00 bits per heavy atom. The van der Waals surface area contributed by atoms with Crippen LogP contribution in [0, 0.1) is 26.7 Å². The standard InChI is InChI=1S/C23H28N4O2/c1-15-16(2)29-23-20(15)21(25-17(3)26-23)27-13-7-10-19(14-27)22(28)24-12-11-18-8-5-4-6-9-18/h4-6,8-9,19H,7,10-14H2,1-3H3,(H,24,28)/t19-/m1/s1. The minimum atomic E-state index is -0.0295. The van der Waals surface area contributed by atoms with E-state index in [2.05, 4.69) is 27.3 Å². The smallest absolute Gasteiger partial charge is 0.231 e. The van der Waals surface area contributed by atoms with Crippen LogP contribution in [-0.2, 0) is 11.2 Å². The van der Waals surface area contributed by atoms with Crippen molar-refractivity contribution in [3.63, 3.8) is 0 Å². The van der Waals surface area contributed by atoms with Gasteiger partial charge in [-0.2, -0.15) is 4.98 Å². The molecule has 1 amide bonds. The molecular weight excluding hydrogens is 364 g/mol. The maximum absolute atomic E-state index is 12.8. The van der Waals surface area contributed by atoms with Crippen LogP contribution in [0.3, 0.4) is 0 Å². The molecule has 6 nitrogen and oxygen atoms in total. The van der Waals surface area contributed by atoms with Crippen molar-refractivity contribution < 1.29 is 9.21 Å². The number of furan rings is 1. The summed E-state index contributed by atoms with van der Waals surface area (Å²) < 4.78 is 5.82. The average Bonchev–Trinajstić information content (AvgIpc) is 3.01. The quantitative estimate of drug-likeness (QED) is 0.716. The molecule has 0 radical (unpaired) electrons. The molecule has 0 aliphatic carbocycles. The Morgan fingerprint density at radius 3 is 2.79 bits per heavy atom. The molecular formula is C23H28N4O2. The third-order valence-electron chi connectivity index (χ3n) is 5.77. The topological polar surface area (TPSA) is 71.3 Å². The van der Waals surface area contributed by atoms with Crippen LogP contribution in [0.15, 0.2) is 34.7 Å². The molecule has 1 aliphatic heterocycles. The van der Waals surface area contributed by atoms with E-state index in [9.17, 15) is 4.79 Å². The molecule has 0 saturated carbocycles. The fourth-order valence-corrected chi connectivity index (χ4v) is 4.06. The highest BCUT2D eigenvalue weighted by atomic mass is 16.3. The molecule has 1 fully saturated rings. The second-order valence-corrected chi connectivity index (χ2v) is 7.87. The van der Waals surface area contributed by atoms with Gasteiger partial charge in [0.2, 0.25) is 11.6 Å². The van der Waals surface area contributed by atoms with Crippen LogP contribution < -0.4 is 10.2 Å². The largest absolute Gasteiger partial charge is 0.443 e. The minimum absolute atomic E-state index is 0.0295. The SMILES string of the molecule is Cc1nc(N2CCC[C@@H](C(=O)NCCc3ccccc3)C2)c2c(C)c(C)oc2n1. The van der Waals surface area contributed by atoms with Crippen LogP contribution in [0.5, 0.6) is 0 Å². The van der Waals surface area contributed by atoms with Crippen molar-refractivity contribution in [2.75, 3.05) is 24.5 Å². The number of carbonyl (C=O) groups excluding carboxylic acids is 1. The molecule has 3 aromatic rings. The Balaban J connectivity index is 1.46. The molecule has 1 aromatic carbocycles. The van der Waals surface area contributed by atoms with Crippen LogP contribution in [0.25, 0.3) is 11.1 Å². The van der Waals surface area contributed by atoms with Gasteiger partial charge in [-0.25, -0.2) is 4.98 Å². The summed E-state index contributed by atoms with van der Waals surface area (Å²) in [4.78, 5) is 24.2. The van der Waals surface area contributed by atoms with Crippen molar-refractivity contribution in [3.8, 4) is 0 Å². The van der Waals surface area contributed by atoms with Crippen LogP contribution in [-0.4, -0.2) is 35.5 Å². The normalized spacial score (nSPS) is 16.9. The summed E-state index contributed by atoms with van der Waals surface area (Å²) in [5.41, 5.74) is 2.95. The molecule has 152 valence electrons. The summed E-state index contributed by atoms with van der Waals surface area (Å²) >= 11 is 0. The van der Waals surface area contributed by atoms with Gasteiger partial charge in [0.15, 0.2) is 0 Å². The number of piperidine rings is 1. The number of amides is 1. The van der Waals surface area contributed by atoms with E-state index in [1.54, 1.807) is 0 Å². The van der Waals surface area contributed by atoms with E-state index in [0.717, 1.165) is 48.3 Å². The Morgan fingerprint density at radius 1 is 1.21 bits per heavy atom. The number of carbonyl (C=O) groups is 1. The molecule has 0 bridgehead atoms. The number of fused-ring (bicyclic) bond motifs is 1. The number of aromatic nitrogens is 2. The number of nitrogens with zero attached hydrogens (tertiary/aromatic N) is 3. The number of aryl methyl sites for hydroxylation is 3. The minimum Gasteiger partial charge on any atom is -0.443 e. The Hall–Kier alpha value is -2.89. The van der Waals surface area contributed by atoms with Gasteiger partial charge in [-0.15, -0.1) is 0 Å². The van der Waals surface area contributed by atoms with Gasteiger partial charge in [-0.3, -0.25) is 4.79 Å². The van der Waals surface area contributed by atoms with Gasteiger partial charge < -0.3 is 14.6 Å². The third-order valence-corrected chi connectivity index (χ3v) is 5.77. The van der Waals surface area contributed by atoms with Crippen LogP contribution in [0.4, 0.5) is 5.82 Å². The number of nitrogens with one attached hydrogen (secondary N) is 1. The first-order valence-corrected chi connectivity index (χ1v) is 10.3. The van der Waals surface area contributed by atoms with Crippen LogP contribution >= 0.6 is 0 Å². The van der Waals surface area contributed by atoms with Gasteiger partial charge in [0, 0.05) is 25.2 Å². The first-order chi connectivity index (χ1) is 14.0. The van der Waals surface area contributed by atoms with Crippen molar-refractivity contribution in [1.29, 1.82) is 0 Å². The second kappa shape index (κ2) is 8.23. The molecule has 1 N–H and O–H groups in total. The van der Waals surface area contributed by atoms with Crippen molar-refractivity contribution in [3.05, 3.63) is 53.0 Å². The summed E-state index contributed by atoms with van der Waals surface area (Å²) in [5.74, 6) is 2.55. The van der Waals surface area contributed by atoms with E-state index in [-0.39, 0.29) is 11.8 Å². The van der Waals surface area contributed by atoms with Crippen molar-refractivity contribution in [2.24, 2.45) is 5.92 Å². The maximum Gasteiger partial charge on any atom is 0.231 e. The lowest BCUT2D eigenvalue weighted by Gasteiger charge is -2.33. The van der Waals surface area contributed by atoms with Gasteiger partial charge >= 0.3 is 0 Å². The van der Waals surface area contributed by atoms with E-state index < -0.39 is 0 Å². The molecule has 0 unspecified atom stereocenters. The lowest BCUT2D eigenvalue weighted by atomic mass is 9.96. The molecule has 1 saturated heterocycles. The Bertz CT molecular complexity index is 1010. The highest BCUT2D eigenvalue weighted by Gasteiger charge is 2.28. The summed E-state index contributed by atoms with van der Waals surface area (Å²) in [7, 11) is 0. The molecule has 6 heteroatoms. The molecule has 1 atom stereocenters. The predicted molar refractivity (Wildman–Crippen MR) is 114 cm³/mol. The lowest BCUT2D eigenvalue weighted by molar-refractivity contribution is -0.125. The van der Waals surface area contributed by atoms with E-state index >= 15 is 0 Å². The maximum atomic E-state index is 12.8. The van der Waals surface area contributed by atoms with Crippen molar-refractivity contribution in [2.45, 2.75) is 40.0 Å². The molecule has 2 aromatic heterocycles. The lowest BCUT2D eigenvalue weighted by Crippen LogP contribution is -2.44. The number of hydrogen-bond acceptors (Lipinski definition) is 5. The monoisotopic (exact) mass is 392 g/mol. The molecule has 4 rings (SSSR count). The van der Waals surface area contributed by atoms with Gasteiger partial charge in [-0.1, -0.05) is 30.3 Å². The van der Waals surface area contributed by atoms with E-state index in [0.29, 0.717) is 24.6 Å². The van der Waals surface area contributed by atoms with E-state index in [1.807, 2.05) is 39.0 Å². The van der Waals surface area contributed by atoms with Gasteiger partial charge in [0.25, 0.3) is 0 Å². The van der Waals surface area contributed by atoms with Crippen LogP contribution in [0.1, 0.15) is 35.6 Å². The Kier molecular flexibility index (Phi) is 5.51. The van der Waals surface area contributed by atoms with Gasteiger partial charge in [-0.05, 0) is 45.6 Å². The molecule has 1 aliphatic rings. The average molecular weight is 393 g/mol. The Labute approximate surface area is 171 Å². The summed E-state index contributed by atoms with van der Waals surface area (Å²) in [6.07, 6.45) is 2.73.